The van der Waals surface area contributed by atoms with Crippen LogP contribution >= 0.6 is 11.8 Å². The molecular weight excluding hydrogens is 356 g/mol. The van der Waals surface area contributed by atoms with Crippen molar-refractivity contribution in [3.05, 3.63) is 78.1 Å². The average Bonchev–Trinajstić information content (AvgIpc) is 3.37. The predicted molar refractivity (Wildman–Crippen MR) is 107 cm³/mol. The van der Waals surface area contributed by atoms with Gasteiger partial charge in [0.25, 0.3) is 0 Å². The third-order valence-electron chi connectivity index (χ3n) is 4.45. The van der Waals surface area contributed by atoms with E-state index in [0.717, 1.165) is 27.5 Å². The number of nitrogens with zero attached hydrogens (tertiary/aromatic N) is 4. The van der Waals surface area contributed by atoms with Crippen LogP contribution in [0, 0.1) is 6.92 Å². The molecule has 3 aromatic heterocycles. The lowest BCUT2D eigenvalue weighted by molar-refractivity contribution is 0.575. The first-order valence-electron chi connectivity index (χ1n) is 8.66. The summed E-state index contributed by atoms with van der Waals surface area (Å²) in [6.45, 7) is 2.09. The number of fused-ring (bicyclic) bond motifs is 3. The van der Waals surface area contributed by atoms with E-state index in [1.807, 2.05) is 40.8 Å². The van der Waals surface area contributed by atoms with Crippen molar-refractivity contribution in [1.29, 1.82) is 0 Å². The van der Waals surface area contributed by atoms with Crippen LogP contribution in [0.2, 0.25) is 0 Å². The molecule has 0 N–H and O–H groups in total. The Bertz CT molecular complexity index is 1230. The summed E-state index contributed by atoms with van der Waals surface area (Å²) >= 11 is 1.64. The molecule has 6 heteroatoms. The second-order valence-corrected chi connectivity index (χ2v) is 7.29. The van der Waals surface area contributed by atoms with E-state index in [4.69, 9.17) is 9.40 Å². The van der Waals surface area contributed by atoms with Crippen molar-refractivity contribution < 1.29 is 4.42 Å². The summed E-state index contributed by atoms with van der Waals surface area (Å²) in [7, 11) is 0. The first kappa shape index (κ1) is 16.1. The molecule has 0 aliphatic carbocycles. The Labute approximate surface area is 160 Å². The van der Waals surface area contributed by atoms with Crippen LogP contribution < -0.4 is 0 Å². The van der Waals surface area contributed by atoms with Gasteiger partial charge in [-0.05, 0) is 36.8 Å². The van der Waals surface area contributed by atoms with E-state index < -0.39 is 0 Å². The van der Waals surface area contributed by atoms with E-state index in [0.29, 0.717) is 11.6 Å². The quantitative estimate of drug-likeness (QED) is 0.409. The van der Waals surface area contributed by atoms with Crippen molar-refractivity contribution in [3.63, 3.8) is 0 Å². The molecule has 2 aromatic carbocycles. The second kappa shape index (κ2) is 6.55. The molecule has 0 radical (unpaired) electrons. The summed E-state index contributed by atoms with van der Waals surface area (Å²) in [6, 6.07) is 20.3. The van der Waals surface area contributed by atoms with E-state index in [1.54, 1.807) is 18.0 Å². The number of hydrogen-bond acceptors (Lipinski definition) is 5. The molecule has 3 heterocycles. The van der Waals surface area contributed by atoms with Crippen molar-refractivity contribution in [2.45, 2.75) is 17.8 Å². The maximum absolute atomic E-state index is 5.63. The van der Waals surface area contributed by atoms with Crippen molar-refractivity contribution in [3.8, 4) is 11.6 Å². The van der Waals surface area contributed by atoms with Gasteiger partial charge in [0.1, 0.15) is 0 Å². The number of aryl methyl sites for hydroxylation is 1. The summed E-state index contributed by atoms with van der Waals surface area (Å²) in [6.07, 6.45) is 1.65. The van der Waals surface area contributed by atoms with Crippen LogP contribution in [-0.2, 0) is 5.75 Å². The van der Waals surface area contributed by atoms with E-state index in [9.17, 15) is 0 Å². The first-order chi connectivity index (χ1) is 13.3. The Kier molecular flexibility index (Phi) is 3.90. The maximum Gasteiger partial charge on any atom is 0.197 e. The lowest BCUT2D eigenvalue weighted by atomic mass is 10.2. The normalized spacial score (nSPS) is 11.4. The fourth-order valence-electron chi connectivity index (χ4n) is 3.06. The average molecular weight is 372 g/mol. The zero-order valence-corrected chi connectivity index (χ0v) is 15.5. The number of thioether (sulfide) groups is 1. The molecule has 0 saturated heterocycles. The number of rotatable bonds is 4. The Balaban J connectivity index is 1.64. The fraction of sp³-hybridized carbons (Fsp3) is 0.0952. The SMILES string of the molecule is Cc1ccc(CSc2nnc3c4ccccc4nc(-c4ccco4)n23)cc1. The van der Waals surface area contributed by atoms with Gasteiger partial charge in [0.2, 0.25) is 0 Å². The molecule has 0 atom stereocenters. The van der Waals surface area contributed by atoms with Crippen LogP contribution in [0.15, 0.2) is 76.5 Å². The molecule has 132 valence electrons. The van der Waals surface area contributed by atoms with Gasteiger partial charge < -0.3 is 4.42 Å². The van der Waals surface area contributed by atoms with E-state index >= 15 is 0 Å². The summed E-state index contributed by atoms with van der Waals surface area (Å²) < 4.78 is 7.61. The standard InChI is InChI=1S/C21H16N4OS/c1-14-8-10-15(11-9-14)13-27-21-24-23-19-16-5-2-3-6-17(16)22-20(25(19)21)18-7-4-12-26-18/h2-12H,13H2,1H3. The highest BCUT2D eigenvalue weighted by molar-refractivity contribution is 7.98. The van der Waals surface area contributed by atoms with Gasteiger partial charge in [-0.2, -0.15) is 0 Å². The molecule has 0 bridgehead atoms. The molecule has 0 fully saturated rings. The number of hydrogen-bond donors (Lipinski definition) is 0. The molecule has 5 rings (SSSR count). The highest BCUT2D eigenvalue weighted by Gasteiger charge is 2.18. The Morgan fingerprint density at radius 1 is 0.963 bits per heavy atom. The van der Waals surface area contributed by atoms with Gasteiger partial charge in [-0.1, -0.05) is 53.7 Å². The summed E-state index contributed by atoms with van der Waals surface area (Å²) in [5.74, 6) is 2.22. The zero-order chi connectivity index (χ0) is 18.2. The van der Waals surface area contributed by atoms with Crippen molar-refractivity contribution in [2.24, 2.45) is 0 Å². The van der Waals surface area contributed by atoms with Crippen LogP contribution in [0.1, 0.15) is 11.1 Å². The predicted octanol–water partition coefficient (Wildman–Crippen LogP) is 5.14. The van der Waals surface area contributed by atoms with E-state index in [2.05, 4.69) is 41.4 Å². The monoisotopic (exact) mass is 372 g/mol. The molecule has 0 amide bonds. The van der Waals surface area contributed by atoms with Crippen LogP contribution in [0.4, 0.5) is 0 Å². The first-order valence-corrected chi connectivity index (χ1v) is 9.64. The summed E-state index contributed by atoms with van der Waals surface area (Å²) in [4.78, 5) is 4.82. The topological polar surface area (TPSA) is 56.2 Å². The second-order valence-electron chi connectivity index (χ2n) is 6.35. The summed E-state index contributed by atoms with van der Waals surface area (Å²) in [5, 5.41) is 10.7. The van der Waals surface area contributed by atoms with Crippen LogP contribution in [0.3, 0.4) is 0 Å². The molecule has 27 heavy (non-hydrogen) atoms. The molecule has 5 nitrogen and oxygen atoms in total. The number of benzene rings is 2. The van der Waals surface area contributed by atoms with E-state index in [1.165, 1.54) is 11.1 Å². The van der Waals surface area contributed by atoms with Crippen LogP contribution in [0.5, 0.6) is 0 Å². The largest absolute Gasteiger partial charge is 0.461 e. The lowest BCUT2D eigenvalue weighted by Gasteiger charge is -2.07. The van der Waals surface area contributed by atoms with Gasteiger partial charge in [-0.3, -0.25) is 4.40 Å². The molecule has 0 spiro atoms. The highest BCUT2D eigenvalue weighted by atomic mass is 32.2. The van der Waals surface area contributed by atoms with Crippen LogP contribution in [-0.4, -0.2) is 19.6 Å². The Morgan fingerprint density at radius 3 is 2.63 bits per heavy atom. The number of furan rings is 1. The molecule has 0 aliphatic heterocycles. The van der Waals surface area contributed by atoms with Gasteiger partial charge in [0.15, 0.2) is 22.4 Å². The minimum atomic E-state index is 0.697. The summed E-state index contributed by atoms with van der Waals surface area (Å²) in [5.41, 5.74) is 4.17. The van der Waals surface area contributed by atoms with Gasteiger partial charge >= 0.3 is 0 Å². The third-order valence-corrected chi connectivity index (χ3v) is 5.45. The van der Waals surface area contributed by atoms with Crippen molar-refractivity contribution in [2.75, 3.05) is 0 Å². The smallest absolute Gasteiger partial charge is 0.197 e. The van der Waals surface area contributed by atoms with Gasteiger partial charge in [-0.15, -0.1) is 10.2 Å². The number of para-hydroxylation sites is 1. The van der Waals surface area contributed by atoms with Crippen molar-refractivity contribution in [1.82, 2.24) is 19.6 Å². The lowest BCUT2D eigenvalue weighted by Crippen LogP contribution is -1.98. The van der Waals surface area contributed by atoms with Gasteiger partial charge in [-0.25, -0.2) is 4.98 Å². The van der Waals surface area contributed by atoms with Crippen LogP contribution in [0.25, 0.3) is 28.1 Å². The molecule has 0 aliphatic rings. The highest BCUT2D eigenvalue weighted by Crippen LogP contribution is 2.30. The zero-order valence-electron chi connectivity index (χ0n) is 14.7. The Hall–Kier alpha value is -3.12. The van der Waals surface area contributed by atoms with E-state index in [-0.39, 0.29) is 0 Å². The maximum atomic E-state index is 5.63. The number of aromatic nitrogens is 4. The third kappa shape index (κ3) is 2.88. The minimum absolute atomic E-state index is 0.697. The Morgan fingerprint density at radius 2 is 1.81 bits per heavy atom. The van der Waals surface area contributed by atoms with Gasteiger partial charge in [0, 0.05) is 11.1 Å². The molecule has 5 aromatic rings. The van der Waals surface area contributed by atoms with Gasteiger partial charge in [0.05, 0.1) is 11.8 Å². The minimum Gasteiger partial charge on any atom is -0.461 e. The molecule has 0 unspecified atom stereocenters. The fourth-order valence-corrected chi connectivity index (χ4v) is 3.95. The van der Waals surface area contributed by atoms with Crippen molar-refractivity contribution >= 4 is 28.3 Å². The molecule has 0 saturated carbocycles. The molecular formula is C21H16N4OS.